The van der Waals surface area contributed by atoms with E-state index >= 15 is 0 Å². The summed E-state index contributed by atoms with van der Waals surface area (Å²) in [6.45, 7) is 5.74. The topological polar surface area (TPSA) is 57.0 Å². The van der Waals surface area contributed by atoms with E-state index in [1.54, 1.807) is 11.3 Å². The van der Waals surface area contributed by atoms with E-state index in [2.05, 4.69) is 55.6 Å². The van der Waals surface area contributed by atoms with Crippen LogP contribution in [0.15, 0.2) is 40.3 Å². The van der Waals surface area contributed by atoms with Gasteiger partial charge in [0.1, 0.15) is 0 Å². The molecule has 3 aromatic heterocycles. The molecule has 0 atom stereocenters. The number of fused-ring (bicyclic) bond motifs is 1. The van der Waals surface area contributed by atoms with E-state index in [0.29, 0.717) is 12.6 Å². The van der Waals surface area contributed by atoms with E-state index in [1.807, 2.05) is 22.9 Å². The standard InChI is InChI=1S/C18H24N6S2.HI/c1-2-19-17(20-12-15-13-24-9-11-26-18(24)22-15)21-14-5-7-23(8-6-14)16-4-3-10-25-16;/h3-4,9-11,13-14H,2,5-8,12H2,1H3,(H2,19,20,21);1H. The zero-order valence-electron chi connectivity index (χ0n) is 15.3. The van der Waals surface area contributed by atoms with Gasteiger partial charge in [-0.3, -0.25) is 4.40 Å². The molecule has 146 valence electrons. The lowest BCUT2D eigenvalue weighted by molar-refractivity contribution is 0.463. The molecule has 1 aliphatic rings. The fourth-order valence-electron chi connectivity index (χ4n) is 3.22. The van der Waals surface area contributed by atoms with Crippen molar-refractivity contribution in [1.29, 1.82) is 0 Å². The van der Waals surface area contributed by atoms with Crippen LogP contribution >= 0.6 is 46.7 Å². The van der Waals surface area contributed by atoms with Gasteiger partial charge in [0.25, 0.3) is 0 Å². The second-order valence-corrected chi connectivity index (χ2v) is 8.18. The minimum Gasteiger partial charge on any atom is -0.363 e. The number of hydrogen-bond acceptors (Lipinski definition) is 5. The first kappa shape index (κ1) is 20.4. The Morgan fingerprint density at radius 1 is 1.30 bits per heavy atom. The summed E-state index contributed by atoms with van der Waals surface area (Å²) in [6.07, 6.45) is 6.34. The third-order valence-electron chi connectivity index (χ3n) is 4.54. The van der Waals surface area contributed by atoms with E-state index in [4.69, 9.17) is 4.99 Å². The fourth-order valence-corrected chi connectivity index (χ4v) is 4.72. The predicted octanol–water partition coefficient (Wildman–Crippen LogP) is 3.80. The summed E-state index contributed by atoms with van der Waals surface area (Å²) >= 11 is 3.47. The van der Waals surface area contributed by atoms with Crippen molar-refractivity contribution in [2.75, 3.05) is 24.5 Å². The Kier molecular flexibility index (Phi) is 7.36. The third kappa shape index (κ3) is 5.14. The Morgan fingerprint density at radius 3 is 2.85 bits per heavy atom. The number of imidazole rings is 1. The van der Waals surface area contributed by atoms with E-state index in [-0.39, 0.29) is 24.0 Å². The van der Waals surface area contributed by atoms with Crippen molar-refractivity contribution in [3.63, 3.8) is 0 Å². The molecule has 0 saturated carbocycles. The SMILES string of the molecule is CCNC(=NCc1cn2ccsc2n1)NC1CCN(c2cccs2)CC1.I. The van der Waals surface area contributed by atoms with E-state index < -0.39 is 0 Å². The van der Waals surface area contributed by atoms with E-state index in [0.717, 1.165) is 49.1 Å². The Labute approximate surface area is 184 Å². The first-order valence-electron chi connectivity index (χ1n) is 9.06. The van der Waals surface area contributed by atoms with Gasteiger partial charge in [-0.15, -0.1) is 46.7 Å². The van der Waals surface area contributed by atoms with Crippen LogP contribution in [0.2, 0.25) is 0 Å². The smallest absolute Gasteiger partial charge is 0.193 e. The Morgan fingerprint density at radius 2 is 2.15 bits per heavy atom. The van der Waals surface area contributed by atoms with Crippen LogP contribution in [0.5, 0.6) is 0 Å². The molecular formula is C18H25IN6S2. The Balaban J connectivity index is 0.00000210. The maximum atomic E-state index is 4.73. The summed E-state index contributed by atoms with van der Waals surface area (Å²) in [5.74, 6) is 0.887. The minimum absolute atomic E-state index is 0. The largest absolute Gasteiger partial charge is 0.363 e. The number of thiophene rings is 1. The van der Waals surface area contributed by atoms with Gasteiger partial charge < -0.3 is 15.5 Å². The third-order valence-corrected chi connectivity index (χ3v) is 6.24. The zero-order valence-corrected chi connectivity index (χ0v) is 19.3. The molecule has 1 fully saturated rings. The van der Waals surface area contributed by atoms with Crippen LogP contribution in [0.3, 0.4) is 0 Å². The van der Waals surface area contributed by atoms with Crippen molar-refractivity contribution >= 4 is 62.6 Å². The molecule has 9 heteroatoms. The zero-order chi connectivity index (χ0) is 17.8. The van der Waals surface area contributed by atoms with Gasteiger partial charge in [-0.1, -0.05) is 0 Å². The molecule has 1 saturated heterocycles. The molecule has 6 nitrogen and oxygen atoms in total. The molecule has 0 spiro atoms. The monoisotopic (exact) mass is 516 g/mol. The molecule has 4 heterocycles. The number of anilines is 1. The summed E-state index contributed by atoms with van der Waals surface area (Å²) in [5.41, 5.74) is 1.00. The molecule has 2 N–H and O–H groups in total. The molecule has 0 aliphatic carbocycles. The number of piperidine rings is 1. The quantitative estimate of drug-likeness (QED) is 0.308. The maximum absolute atomic E-state index is 4.73. The van der Waals surface area contributed by atoms with Crippen LogP contribution in [0, 0.1) is 0 Å². The summed E-state index contributed by atoms with van der Waals surface area (Å²) in [7, 11) is 0. The molecule has 0 bridgehead atoms. The predicted molar refractivity (Wildman–Crippen MR) is 126 cm³/mol. The van der Waals surface area contributed by atoms with Crippen molar-refractivity contribution in [1.82, 2.24) is 20.0 Å². The molecule has 3 aromatic rings. The minimum atomic E-state index is 0. The number of aromatic nitrogens is 2. The lowest BCUT2D eigenvalue weighted by Gasteiger charge is -2.33. The van der Waals surface area contributed by atoms with Crippen molar-refractivity contribution in [2.24, 2.45) is 4.99 Å². The van der Waals surface area contributed by atoms with Crippen LogP contribution in [-0.4, -0.2) is 41.0 Å². The summed E-state index contributed by atoms with van der Waals surface area (Å²) in [5, 5.41) is 12.5. The number of thiazole rings is 1. The lowest BCUT2D eigenvalue weighted by atomic mass is 10.1. The van der Waals surface area contributed by atoms with Gasteiger partial charge in [-0.2, -0.15) is 0 Å². The highest BCUT2D eigenvalue weighted by molar-refractivity contribution is 14.0. The molecule has 0 amide bonds. The lowest BCUT2D eigenvalue weighted by Crippen LogP contribution is -2.48. The Hall–Kier alpha value is -1.33. The average Bonchev–Trinajstić information content (AvgIpc) is 3.38. The van der Waals surface area contributed by atoms with Crippen LogP contribution in [0.25, 0.3) is 4.96 Å². The van der Waals surface area contributed by atoms with Gasteiger partial charge in [0, 0.05) is 43.4 Å². The van der Waals surface area contributed by atoms with Crippen LogP contribution in [-0.2, 0) is 6.54 Å². The normalized spacial score (nSPS) is 15.7. The van der Waals surface area contributed by atoms with Gasteiger partial charge in [0.2, 0.25) is 0 Å². The molecule has 4 rings (SSSR count). The van der Waals surface area contributed by atoms with Crippen LogP contribution < -0.4 is 15.5 Å². The Bertz CT molecular complexity index is 820. The summed E-state index contributed by atoms with van der Waals surface area (Å²) in [6, 6.07) is 4.80. The molecule has 27 heavy (non-hydrogen) atoms. The van der Waals surface area contributed by atoms with Crippen LogP contribution in [0.4, 0.5) is 5.00 Å². The van der Waals surface area contributed by atoms with Gasteiger partial charge >= 0.3 is 0 Å². The van der Waals surface area contributed by atoms with Crippen molar-refractivity contribution in [3.8, 4) is 0 Å². The number of nitrogens with one attached hydrogen (secondary N) is 2. The van der Waals surface area contributed by atoms with Crippen molar-refractivity contribution < 1.29 is 0 Å². The molecular weight excluding hydrogens is 491 g/mol. The highest BCUT2D eigenvalue weighted by Gasteiger charge is 2.20. The van der Waals surface area contributed by atoms with Crippen LogP contribution in [0.1, 0.15) is 25.5 Å². The van der Waals surface area contributed by atoms with Gasteiger partial charge in [0.05, 0.1) is 17.2 Å². The molecule has 0 unspecified atom stereocenters. The molecule has 0 radical (unpaired) electrons. The van der Waals surface area contributed by atoms with Crippen molar-refractivity contribution in [3.05, 3.63) is 41.0 Å². The number of hydrogen-bond donors (Lipinski definition) is 2. The van der Waals surface area contributed by atoms with Gasteiger partial charge in [-0.05, 0) is 37.3 Å². The van der Waals surface area contributed by atoms with Gasteiger partial charge in [-0.25, -0.2) is 9.98 Å². The highest BCUT2D eigenvalue weighted by Crippen LogP contribution is 2.24. The first-order valence-corrected chi connectivity index (χ1v) is 10.8. The van der Waals surface area contributed by atoms with Gasteiger partial charge in [0.15, 0.2) is 10.9 Å². The second-order valence-electron chi connectivity index (χ2n) is 6.38. The number of aliphatic imine (C=N–C) groups is 1. The highest BCUT2D eigenvalue weighted by atomic mass is 127. The first-order chi connectivity index (χ1) is 12.8. The summed E-state index contributed by atoms with van der Waals surface area (Å²) < 4.78 is 2.05. The number of nitrogens with zero attached hydrogens (tertiary/aromatic N) is 4. The number of guanidine groups is 1. The number of halogens is 1. The van der Waals surface area contributed by atoms with E-state index in [9.17, 15) is 0 Å². The fraction of sp³-hybridized carbons (Fsp3) is 0.444. The van der Waals surface area contributed by atoms with E-state index in [1.165, 1.54) is 5.00 Å². The second kappa shape index (κ2) is 9.74. The summed E-state index contributed by atoms with van der Waals surface area (Å²) in [4.78, 5) is 12.8. The molecule has 0 aromatic carbocycles. The maximum Gasteiger partial charge on any atom is 0.193 e. The average molecular weight is 516 g/mol. The number of rotatable bonds is 5. The molecule has 1 aliphatic heterocycles. The van der Waals surface area contributed by atoms with Crippen molar-refractivity contribution in [2.45, 2.75) is 32.4 Å².